The smallest absolute Gasteiger partial charge is 0.307 e. The average molecular weight is 397 g/mol. The lowest BCUT2D eigenvalue weighted by Crippen LogP contribution is -2.35. The average Bonchev–Trinajstić information content (AvgIpc) is 3.21. The zero-order valence-corrected chi connectivity index (χ0v) is 15.8. The highest BCUT2D eigenvalue weighted by Crippen LogP contribution is 2.15. The predicted molar refractivity (Wildman–Crippen MR) is 102 cm³/mol. The van der Waals surface area contributed by atoms with Crippen LogP contribution in [-0.4, -0.2) is 28.1 Å². The normalized spacial score (nSPS) is 11.7. The number of rotatable bonds is 8. The van der Waals surface area contributed by atoms with Gasteiger partial charge in [-0.15, -0.1) is 0 Å². The lowest BCUT2D eigenvalue weighted by atomic mass is 10.2. The molecule has 1 amide bonds. The van der Waals surface area contributed by atoms with Gasteiger partial charge in [0.05, 0.1) is 6.42 Å². The van der Waals surface area contributed by atoms with Gasteiger partial charge in [0.15, 0.2) is 6.10 Å². The molecule has 7 nitrogen and oxygen atoms in total. The van der Waals surface area contributed by atoms with Crippen molar-refractivity contribution in [2.24, 2.45) is 0 Å². The van der Waals surface area contributed by atoms with Crippen LogP contribution < -0.4 is 5.32 Å². The van der Waals surface area contributed by atoms with Gasteiger partial charge in [-0.3, -0.25) is 9.59 Å². The minimum absolute atomic E-state index is 0.00596. The van der Waals surface area contributed by atoms with Gasteiger partial charge in [-0.05, 0) is 24.6 Å². The van der Waals surface area contributed by atoms with Gasteiger partial charge in [0.25, 0.3) is 5.91 Å². The number of nitrogens with zero attached hydrogens (tertiary/aromatic N) is 2. The van der Waals surface area contributed by atoms with Crippen LogP contribution in [0, 0.1) is 5.82 Å². The summed E-state index contributed by atoms with van der Waals surface area (Å²) in [4.78, 5) is 28.3. The second-order valence-corrected chi connectivity index (χ2v) is 6.35. The molecule has 2 aromatic carbocycles. The Kier molecular flexibility index (Phi) is 6.67. The van der Waals surface area contributed by atoms with E-state index in [-0.39, 0.29) is 25.2 Å². The molecule has 0 saturated carbocycles. The van der Waals surface area contributed by atoms with Crippen molar-refractivity contribution in [1.82, 2.24) is 15.5 Å². The van der Waals surface area contributed by atoms with Gasteiger partial charge in [-0.1, -0.05) is 47.6 Å². The van der Waals surface area contributed by atoms with Crippen molar-refractivity contribution in [2.75, 3.05) is 0 Å². The Morgan fingerprint density at radius 1 is 1.14 bits per heavy atom. The Balaban J connectivity index is 1.42. The van der Waals surface area contributed by atoms with Gasteiger partial charge in [0.1, 0.15) is 5.82 Å². The van der Waals surface area contributed by atoms with Crippen molar-refractivity contribution < 1.29 is 23.2 Å². The molecule has 3 aromatic rings. The van der Waals surface area contributed by atoms with E-state index in [1.54, 1.807) is 12.1 Å². The van der Waals surface area contributed by atoms with Crippen LogP contribution in [0.4, 0.5) is 4.39 Å². The molecular weight excluding hydrogens is 377 g/mol. The lowest BCUT2D eigenvalue weighted by Gasteiger charge is -2.13. The van der Waals surface area contributed by atoms with Gasteiger partial charge < -0.3 is 14.6 Å². The lowest BCUT2D eigenvalue weighted by molar-refractivity contribution is -0.154. The third-order valence-corrected chi connectivity index (χ3v) is 4.10. The van der Waals surface area contributed by atoms with Crippen molar-refractivity contribution in [3.8, 4) is 11.4 Å². The number of aromatic nitrogens is 2. The van der Waals surface area contributed by atoms with E-state index in [1.807, 2.05) is 30.3 Å². The highest BCUT2D eigenvalue weighted by molar-refractivity contribution is 5.83. The summed E-state index contributed by atoms with van der Waals surface area (Å²) >= 11 is 0. The fourth-order valence-electron chi connectivity index (χ4n) is 2.51. The monoisotopic (exact) mass is 397 g/mol. The second-order valence-electron chi connectivity index (χ2n) is 6.35. The summed E-state index contributed by atoms with van der Waals surface area (Å²) < 4.78 is 23.2. The maximum absolute atomic E-state index is 12.9. The van der Waals surface area contributed by atoms with E-state index in [9.17, 15) is 14.0 Å². The number of nitrogens with one attached hydrogen (secondary N) is 1. The van der Waals surface area contributed by atoms with Crippen LogP contribution in [0.2, 0.25) is 0 Å². The standard InChI is InChI=1S/C21H20FN3O4/c1-14(21(27)23-13-15-7-9-17(22)10-8-15)28-19(26)12-11-18-24-20(25-29-18)16-5-3-2-4-6-16/h2-10,14H,11-13H2,1H3,(H,23,27)/t14-/m1/s1. The van der Waals surface area contributed by atoms with E-state index in [2.05, 4.69) is 15.5 Å². The van der Waals surface area contributed by atoms with Crippen LogP contribution >= 0.6 is 0 Å². The zero-order valence-electron chi connectivity index (χ0n) is 15.8. The first kappa shape index (κ1) is 20.2. The fourth-order valence-corrected chi connectivity index (χ4v) is 2.51. The maximum Gasteiger partial charge on any atom is 0.307 e. The molecule has 0 unspecified atom stereocenters. The molecule has 1 aromatic heterocycles. The number of carbonyl (C=O) groups excluding carboxylic acids is 2. The van der Waals surface area contributed by atoms with Crippen LogP contribution in [-0.2, 0) is 27.3 Å². The second kappa shape index (κ2) is 9.59. The molecule has 0 radical (unpaired) electrons. The number of hydrogen-bond donors (Lipinski definition) is 1. The summed E-state index contributed by atoms with van der Waals surface area (Å²) in [6.07, 6.45) is -0.736. The number of benzene rings is 2. The molecule has 0 aliphatic rings. The molecular formula is C21H20FN3O4. The summed E-state index contributed by atoms with van der Waals surface area (Å²) in [5.74, 6) is -0.572. The van der Waals surface area contributed by atoms with Crippen molar-refractivity contribution >= 4 is 11.9 Å². The number of hydrogen-bond acceptors (Lipinski definition) is 6. The number of ether oxygens (including phenoxy) is 1. The van der Waals surface area contributed by atoms with E-state index < -0.39 is 18.0 Å². The van der Waals surface area contributed by atoms with Crippen LogP contribution in [0.3, 0.4) is 0 Å². The summed E-state index contributed by atoms with van der Waals surface area (Å²) in [6.45, 7) is 1.70. The molecule has 3 rings (SSSR count). The molecule has 0 aliphatic carbocycles. The Bertz CT molecular complexity index is 958. The first-order chi connectivity index (χ1) is 14.0. The quantitative estimate of drug-likeness (QED) is 0.587. The Morgan fingerprint density at radius 2 is 1.86 bits per heavy atom. The number of aryl methyl sites for hydroxylation is 1. The molecule has 8 heteroatoms. The summed E-state index contributed by atoms with van der Waals surface area (Å²) in [7, 11) is 0. The Labute approximate surface area is 166 Å². The van der Waals surface area contributed by atoms with Gasteiger partial charge >= 0.3 is 5.97 Å². The van der Waals surface area contributed by atoms with Crippen molar-refractivity contribution in [1.29, 1.82) is 0 Å². The molecule has 0 spiro atoms. The fraction of sp³-hybridized carbons (Fsp3) is 0.238. The number of carbonyl (C=O) groups is 2. The topological polar surface area (TPSA) is 94.3 Å². The minimum Gasteiger partial charge on any atom is -0.453 e. The van der Waals surface area contributed by atoms with Crippen molar-refractivity contribution in [2.45, 2.75) is 32.4 Å². The third-order valence-electron chi connectivity index (χ3n) is 4.10. The molecule has 0 aliphatic heterocycles. The van der Waals surface area contributed by atoms with E-state index in [0.29, 0.717) is 11.7 Å². The minimum atomic E-state index is -0.953. The summed E-state index contributed by atoms with van der Waals surface area (Å²) in [6, 6.07) is 15.1. The van der Waals surface area contributed by atoms with Crippen LogP contribution in [0.1, 0.15) is 24.8 Å². The van der Waals surface area contributed by atoms with E-state index in [4.69, 9.17) is 9.26 Å². The van der Waals surface area contributed by atoms with Gasteiger partial charge in [0, 0.05) is 18.5 Å². The highest BCUT2D eigenvalue weighted by atomic mass is 19.1. The first-order valence-electron chi connectivity index (χ1n) is 9.11. The Morgan fingerprint density at radius 3 is 2.59 bits per heavy atom. The molecule has 1 N–H and O–H groups in total. The number of halogens is 1. The zero-order chi connectivity index (χ0) is 20.6. The Hall–Kier alpha value is -3.55. The van der Waals surface area contributed by atoms with Crippen molar-refractivity contribution in [3.63, 3.8) is 0 Å². The van der Waals surface area contributed by atoms with Gasteiger partial charge in [-0.2, -0.15) is 4.98 Å². The SMILES string of the molecule is C[C@@H](OC(=O)CCc1nc(-c2ccccc2)no1)C(=O)NCc1ccc(F)cc1. The van der Waals surface area contributed by atoms with E-state index >= 15 is 0 Å². The molecule has 1 heterocycles. The molecule has 1 atom stereocenters. The molecule has 0 bridgehead atoms. The molecule has 0 fully saturated rings. The van der Waals surface area contributed by atoms with Crippen LogP contribution in [0.5, 0.6) is 0 Å². The molecule has 0 saturated heterocycles. The number of esters is 1. The molecule has 150 valence electrons. The molecule has 29 heavy (non-hydrogen) atoms. The first-order valence-corrected chi connectivity index (χ1v) is 9.11. The maximum atomic E-state index is 12.9. The van der Waals surface area contributed by atoms with Gasteiger partial charge in [0.2, 0.25) is 11.7 Å². The predicted octanol–water partition coefficient (Wildman–Crippen LogP) is 3.06. The third kappa shape index (κ3) is 5.97. The van der Waals surface area contributed by atoms with Crippen LogP contribution in [0.15, 0.2) is 59.1 Å². The number of amides is 1. The van der Waals surface area contributed by atoms with E-state index in [1.165, 1.54) is 19.1 Å². The van der Waals surface area contributed by atoms with Crippen LogP contribution in [0.25, 0.3) is 11.4 Å². The summed E-state index contributed by atoms with van der Waals surface area (Å²) in [5, 5.41) is 6.53. The largest absolute Gasteiger partial charge is 0.453 e. The van der Waals surface area contributed by atoms with Crippen molar-refractivity contribution in [3.05, 3.63) is 71.9 Å². The highest BCUT2D eigenvalue weighted by Gasteiger charge is 2.18. The van der Waals surface area contributed by atoms with Gasteiger partial charge in [-0.25, -0.2) is 4.39 Å². The van der Waals surface area contributed by atoms with E-state index in [0.717, 1.165) is 11.1 Å². The summed E-state index contributed by atoms with van der Waals surface area (Å²) in [5.41, 5.74) is 1.56.